The normalized spacial score (nSPS) is 18.8. The number of ether oxygens (including phenoxy) is 1. The maximum Gasteiger partial charge on any atom is 0.312 e. The van der Waals surface area contributed by atoms with Crippen molar-refractivity contribution in [1.29, 1.82) is 0 Å². The van der Waals surface area contributed by atoms with Crippen LogP contribution in [-0.4, -0.2) is 29.2 Å². The summed E-state index contributed by atoms with van der Waals surface area (Å²) in [7, 11) is 0. The van der Waals surface area contributed by atoms with Crippen LogP contribution in [0.4, 0.5) is 11.5 Å². The lowest BCUT2D eigenvalue weighted by Gasteiger charge is -2.10. The Morgan fingerprint density at radius 2 is 2.50 bits per heavy atom. The molecule has 0 bridgehead atoms. The van der Waals surface area contributed by atoms with Crippen LogP contribution in [0.3, 0.4) is 0 Å². The van der Waals surface area contributed by atoms with E-state index in [2.05, 4.69) is 10.3 Å². The standard InChI is InChI=1S/C11H14ClN3O3/c12-8-6-10(15(16)17)11(14-7-8)13-4-3-9-2-1-5-18-9/h6-7,9H,1-5H2,(H,13,14). The third-order valence-corrected chi connectivity index (χ3v) is 3.02. The zero-order valence-corrected chi connectivity index (χ0v) is 10.5. The van der Waals surface area contributed by atoms with Crippen LogP contribution in [0, 0.1) is 10.1 Å². The Kier molecular flexibility index (Phi) is 4.33. The molecule has 0 aromatic carbocycles. The number of anilines is 1. The molecule has 0 amide bonds. The van der Waals surface area contributed by atoms with Crippen LogP contribution in [0.5, 0.6) is 0 Å². The Hall–Kier alpha value is -1.40. The Labute approximate surface area is 109 Å². The molecule has 98 valence electrons. The summed E-state index contributed by atoms with van der Waals surface area (Å²) >= 11 is 5.68. The first-order valence-electron chi connectivity index (χ1n) is 5.82. The Morgan fingerprint density at radius 1 is 1.67 bits per heavy atom. The number of halogens is 1. The van der Waals surface area contributed by atoms with Crippen LogP contribution < -0.4 is 5.32 Å². The highest BCUT2D eigenvalue weighted by Gasteiger charge is 2.18. The summed E-state index contributed by atoms with van der Waals surface area (Å²) < 4.78 is 5.47. The second-order valence-corrected chi connectivity index (χ2v) is 4.57. The molecule has 0 radical (unpaired) electrons. The number of hydrogen-bond acceptors (Lipinski definition) is 5. The molecule has 1 aliphatic heterocycles. The number of nitro groups is 1. The van der Waals surface area contributed by atoms with Gasteiger partial charge in [-0.05, 0) is 19.3 Å². The maximum atomic E-state index is 10.8. The van der Waals surface area contributed by atoms with Crippen molar-refractivity contribution in [3.05, 3.63) is 27.4 Å². The molecule has 1 aliphatic rings. The van der Waals surface area contributed by atoms with Gasteiger partial charge in [-0.2, -0.15) is 0 Å². The minimum atomic E-state index is -0.493. The molecule has 1 aromatic rings. The summed E-state index contributed by atoms with van der Waals surface area (Å²) in [5.41, 5.74) is -0.102. The lowest BCUT2D eigenvalue weighted by molar-refractivity contribution is -0.384. The third kappa shape index (κ3) is 3.30. The van der Waals surface area contributed by atoms with E-state index in [0.29, 0.717) is 6.54 Å². The van der Waals surface area contributed by atoms with E-state index in [4.69, 9.17) is 16.3 Å². The molecule has 1 N–H and O–H groups in total. The molecule has 7 heteroatoms. The largest absolute Gasteiger partial charge is 0.378 e. The van der Waals surface area contributed by atoms with Crippen LogP contribution in [0.2, 0.25) is 5.02 Å². The summed E-state index contributed by atoms with van der Waals surface area (Å²) in [6.07, 6.45) is 4.61. The fraction of sp³-hybridized carbons (Fsp3) is 0.545. The summed E-state index contributed by atoms with van der Waals surface area (Å²) in [4.78, 5) is 14.3. The van der Waals surface area contributed by atoms with Crippen molar-refractivity contribution in [2.45, 2.75) is 25.4 Å². The molecule has 0 aliphatic carbocycles. The van der Waals surface area contributed by atoms with Crippen LogP contribution >= 0.6 is 11.6 Å². The van der Waals surface area contributed by atoms with E-state index in [0.717, 1.165) is 25.9 Å². The van der Waals surface area contributed by atoms with E-state index in [-0.39, 0.29) is 22.6 Å². The molecule has 1 atom stereocenters. The number of pyridine rings is 1. The molecule has 6 nitrogen and oxygen atoms in total. The van der Waals surface area contributed by atoms with Crippen LogP contribution in [0.15, 0.2) is 12.3 Å². The van der Waals surface area contributed by atoms with Gasteiger partial charge in [0, 0.05) is 25.4 Å². The first-order chi connectivity index (χ1) is 8.66. The zero-order valence-electron chi connectivity index (χ0n) is 9.76. The van der Waals surface area contributed by atoms with E-state index >= 15 is 0 Å². The lowest BCUT2D eigenvalue weighted by Crippen LogP contribution is -2.13. The third-order valence-electron chi connectivity index (χ3n) is 2.81. The van der Waals surface area contributed by atoms with Crippen molar-refractivity contribution in [2.24, 2.45) is 0 Å². The second-order valence-electron chi connectivity index (χ2n) is 4.13. The Morgan fingerprint density at radius 3 is 3.17 bits per heavy atom. The molecular formula is C11H14ClN3O3. The van der Waals surface area contributed by atoms with Crippen molar-refractivity contribution in [3.8, 4) is 0 Å². The first kappa shape index (κ1) is 13.0. The zero-order chi connectivity index (χ0) is 13.0. The quantitative estimate of drug-likeness (QED) is 0.658. The maximum absolute atomic E-state index is 10.8. The van der Waals surface area contributed by atoms with Gasteiger partial charge in [0.25, 0.3) is 0 Å². The SMILES string of the molecule is O=[N+]([O-])c1cc(Cl)cnc1NCCC1CCCO1. The Balaban J connectivity index is 1.93. The average Bonchev–Trinajstić information content (AvgIpc) is 2.84. The second kappa shape index (κ2) is 5.97. The molecule has 18 heavy (non-hydrogen) atoms. The minimum absolute atomic E-state index is 0.102. The first-order valence-corrected chi connectivity index (χ1v) is 6.20. The molecule has 1 saturated heterocycles. The molecular weight excluding hydrogens is 258 g/mol. The fourth-order valence-corrected chi connectivity index (χ4v) is 2.08. The van der Waals surface area contributed by atoms with E-state index in [1.807, 2.05) is 0 Å². The number of nitrogens with zero attached hydrogens (tertiary/aromatic N) is 2. The van der Waals surface area contributed by atoms with Crippen molar-refractivity contribution < 1.29 is 9.66 Å². The molecule has 2 rings (SSSR count). The highest BCUT2D eigenvalue weighted by Crippen LogP contribution is 2.25. The predicted molar refractivity (Wildman–Crippen MR) is 68.0 cm³/mol. The highest BCUT2D eigenvalue weighted by atomic mass is 35.5. The topological polar surface area (TPSA) is 77.3 Å². The van der Waals surface area contributed by atoms with Crippen molar-refractivity contribution in [3.63, 3.8) is 0 Å². The van der Waals surface area contributed by atoms with Crippen LogP contribution in [0.1, 0.15) is 19.3 Å². The van der Waals surface area contributed by atoms with Gasteiger partial charge in [-0.3, -0.25) is 10.1 Å². The molecule has 0 saturated carbocycles. The molecule has 0 spiro atoms. The predicted octanol–water partition coefficient (Wildman–Crippen LogP) is 2.62. The smallest absolute Gasteiger partial charge is 0.312 e. The number of aromatic nitrogens is 1. The number of rotatable bonds is 5. The van der Waals surface area contributed by atoms with Crippen LogP contribution in [-0.2, 0) is 4.74 Å². The van der Waals surface area contributed by atoms with E-state index in [1.165, 1.54) is 12.3 Å². The van der Waals surface area contributed by atoms with Gasteiger partial charge in [0.1, 0.15) is 0 Å². The Bertz CT molecular complexity index is 436. The van der Waals surface area contributed by atoms with Gasteiger partial charge in [-0.15, -0.1) is 0 Å². The van der Waals surface area contributed by atoms with Gasteiger partial charge in [0.05, 0.1) is 16.0 Å². The van der Waals surface area contributed by atoms with Gasteiger partial charge in [-0.25, -0.2) is 4.98 Å². The minimum Gasteiger partial charge on any atom is -0.378 e. The van der Waals surface area contributed by atoms with Gasteiger partial charge in [-0.1, -0.05) is 11.6 Å². The monoisotopic (exact) mass is 271 g/mol. The van der Waals surface area contributed by atoms with Crippen molar-refractivity contribution >= 4 is 23.1 Å². The highest BCUT2D eigenvalue weighted by molar-refractivity contribution is 6.30. The van der Waals surface area contributed by atoms with E-state index in [9.17, 15) is 10.1 Å². The lowest BCUT2D eigenvalue weighted by atomic mass is 10.2. The summed E-state index contributed by atoms with van der Waals surface area (Å²) in [5, 5.41) is 14.0. The van der Waals surface area contributed by atoms with Gasteiger partial charge in [0.2, 0.25) is 5.82 Å². The fourth-order valence-electron chi connectivity index (χ4n) is 1.93. The molecule has 1 aromatic heterocycles. The summed E-state index contributed by atoms with van der Waals surface area (Å²) in [5.74, 6) is 0.252. The molecule has 1 unspecified atom stereocenters. The van der Waals surface area contributed by atoms with Crippen molar-refractivity contribution in [1.82, 2.24) is 4.98 Å². The van der Waals surface area contributed by atoms with Crippen LogP contribution in [0.25, 0.3) is 0 Å². The molecule has 1 fully saturated rings. The average molecular weight is 272 g/mol. The van der Waals surface area contributed by atoms with Gasteiger partial charge < -0.3 is 10.1 Å². The van der Waals surface area contributed by atoms with Gasteiger partial charge >= 0.3 is 5.69 Å². The van der Waals surface area contributed by atoms with Gasteiger partial charge in [0.15, 0.2) is 0 Å². The summed E-state index contributed by atoms with van der Waals surface area (Å²) in [6.45, 7) is 1.41. The summed E-state index contributed by atoms with van der Waals surface area (Å²) in [6, 6.07) is 1.29. The number of nitrogens with one attached hydrogen (secondary N) is 1. The number of hydrogen-bond donors (Lipinski definition) is 1. The molecule has 2 heterocycles. The van der Waals surface area contributed by atoms with E-state index in [1.54, 1.807) is 0 Å². The van der Waals surface area contributed by atoms with Crippen molar-refractivity contribution in [2.75, 3.05) is 18.5 Å². The van der Waals surface area contributed by atoms with E-state index < -0.39 is 4.92 Å².